The molecular formula is C17H22N4O2. The molecule has 0 saturated carbocycles. The summed E-state index contributed by atoms with van der Waals surface area (Å²) in [5.74, 6) is 1.90. The summed E-state index contributed by atoms with van der Waals surface area (Å²) in [5, 5.41) is 4.02. The van der Waals surface area contributed by atoms with E-state index < -0.39 is 0 Å². The first-order chi connectivity index (χ1) is 11.0. The molecule has 3 heterocycles. The van der Waals surface area contributed by atoms with Crippen molar-refractivity contribution in [3.8, 4) is 0 Å². The maximum absolute atomic E-state index is 11.3. The fraction of sp³-hybridized carbons (Fsp3) is 0.471. The number of aromatic nitrogens is 2. The third-order valence-corrected chi connectivity index (χ3v) is 4.41. The Kier molecular flexibility index (Phi) is 4.43. The van der Waals surface area contributed by atoms with Crippen molar-refractivity contribution in [2.24, 2.45) is 0 Å². The molecule has 1 aliphatic heterocycles. The number of rotatable bonds is 4. The first-order valence-electron chi connectivity index (χ1n) is 7.90. The van der Waals surface area contributed by atoms with Crippen molar-refractivity contribution in [2.75, 3.05) is 31.1 Å². The fourth-order valence-corrected chi connectivity index (χ4v) is 2.87. The molecule has 0 amide bonds. The van der Waals surface area contributed by atoms with Crippen molar-refractivity contribution >= 4 is 11.6 Å². The third-order valence-electron chi connectivity index (χ3n) is 4.41. The van der Waals surface area contributed by atoms with Crippen LogP contribution in [0.3, 0.4) is 0 Å². The molecule has 6 nitrogen and oxygen atoms in total. The number of ketones is 1. The lowest BCUT2D eigenvalue weighted by Crippen LogP contribution is -2.46. The van der Waals surface area contributed by atoms with Gasteiger partial charge in [0.15, 0.2) is 5.78 Å². The largest absolute Gasteiger partial charge is 0.361 e. The number of pyridine rings is 1. The summed E-state index contributed by atoms with van der Waals surface area (Å²) in [7, 11) is 0. The van der Waals surface area contributed by atoms with Crippen LogP contribution in [0.2, 0.25) is 0 Å². The molecule has 0 N–H and O–H groups in total. The second kappa shape index (κ2) is 6.50. The highest BCUT2D eigenvalue weighted by Gasteiger charge is 2.20. The molecule has 0 unspecified atom stereocenters. The zero-order chi connectivity index (χ0) is 16.4. The Bertz CT molecular complexity index is 666. The minimum atomic E-state index is 0.0494. The van der Waals surface area contributed by atoms with Gasteiger partial charge in [-0.3, -0.25) is 9.69 Å². The Hall–Kier alpha value is -2.21. The summed E-state index contributed by atoms with van der Waals surface area (Å²) >= 11 is 0. The molecule has 2 aromatic heterocycles. The quantitative estimate of drug-likeness (QED) is 0.806. The van der Waals surface area contributed by atoms with Crippen LogP contribution in [-0.2, 0) is 6.54 Å². The van der Waals surface area contributed by atoms with E-state index in [9.17, 15) is 4.79 Å². The number of hydrogen-bond donors (Lipinski definition) is 0. The Morgan fingerprint density at radius 2 is 1.96 bits per heavy atom. The van der Waals surface area contributed by atoms with Gasteiger partial charge in [0.1, 0.15) is 11.6 Å². The van der Waals surface area contributed by atoms with Crippen LogP contribution < -0.4 is 4.90 Å². The van der Waals surface area contributed by atoms with Crippen LogP contribution in [0, 0.1) is 13.8 Å². The first-order valence-corrected chi connectivity index (χ1v) is 7.90. The van der Waals surface area contributed by atoms with E-state index in [4.69, 9.17) is 4.52 Å². The summed E-state index contributed by atoms with van der Waals surface area (Å²) in [5.41, 5.74) is 2.83. The average Bonchev–Trinajstić information content (AvgIpc) is 2.87. The highest BCUT2D eigenvalue weighted by Crippen LogP contribution is 2.18. The Morgan fingerprint density at radius 1 is 1.22 bits per heavy atom. The van der Waals surface area contributed by atoms with E-state index in [2.05, 4.69) is 19.9 Å². The number of anilines is 1. The number of carbonyl (C=O) groups is 1. The van der Waals surface area contributed by atoms with Gasteiger partial charge in [-0.25, -0.2) is 4.98 Å². The molecule has 1 fully saturated rings. The molecule has 23 heavy (non-hydrogen) atoms. The minimum absolute atomic E-state index is 0.0494. The lowest BCUT2D eigenvalue weighted by atomic mass is 10.1. The van der Waals surface area contributed by atoms with Crippen LogP contribution in [0.5, 0.6) is 0 Å². The van der Waals surface area contributed by atoms with E-state index in [0.29, 0.717) is 5.56 Å². The highest BCUT2D eigenvalue weighted by molar-refractivity contribution is 5.93. The van der Waals surface area contributed by atoms with Gasteiger partial charge in [0.25, 0.3) is 0 Å². The first kappa shape index (κ1) is 15.7. The molecule has 0 radical (unpaired) electrons. The molecule has 0 spiro atoms. The lowest BCUT2D eigenvalue weighted by molar-refractivity contribution is 0.101. The Morgan fingerprint density at radius 3 is 2.48 bits per heavy atom. The van der Waals surface area contributed by atoms with Crippen LogP contribution in [-0.4, -0.2) is 47.0 Å². The number of Topliss-reactive ketones (excluding diaryl/α,β-unsaturated/α-hetero) is 1. The van der Waals surface area contributed by atoms with Gasteiger partial charge in [0, 0.05) is 50.0 Å². The maximum Gasteiger partial charge on any atom is 0.161 e. The van der Waals surface area contributed by atoms with Crippen molar-refractivity contribution in [1.29, 1.82) is 0 Å². The number of nitrogens with zero attached hydrogens (tertiary/aromatic N) is 4. The van der Waals surface area contributed by atoms with E-state index in [0.717, 1.165) is 50.0 Å². The molecule has 0 aliphatic carbocycles. The van der Waals surface area contributed by atoms with Crippen molar-refractivity contribution in [3.63, 3.8) is 0 Å². The number of carbonyl (C=O) groups excluding carboxylic acids is 1. The normalized spacial score (nSPS) is 15.9. The van der Waals surface area contributed by atoms with E-state index in [1.165, 1.54) is 5.56 Å². The van der Waals surface area contributed by atoms with Gasteiger partial charge in [-0.2, -0.15) is 0 Å². The third kappa shape index (κ3) is 3.42. The molecule has 0 aromatic carbocycles. The number of piperazine rings is 1. The van der Waals surface area contributed by atoms with Crippen molar-refractivity contribution in [2.45, 2.75) is 27.3 Å². The Labute approximate surface area is 136 Å². The van der Waals surface area contributed by atoms with Gasteiger partial charge in [0.05, 0.1) is 5.69 Å². The molecule has 6 heteroatoms. The van der Waals surface area contributed by atoms with Gasteiger partial charge in [-0.05, 0) is 32.9 Å². The number of hydrogen-bond acceptors (Lipinski definition) is 6. The Balaban J connectivity index is 1.59. The zero-order valence-corrected chi connectivity index (χ0v) is 13.9. The van der Waals surface area contributed by atoms with Crippen LogP contribution in [0.25, 0.3) is 0 Å². The van der Waals surface area contributed by atoms with Gasteiger partial charge >= 0.3 is 0 Å². The molecule has 0 atom stereocenters. The monoisotopic (exact) mass is 314 g/mol. The molecule has 1 aliphatic rings. The molecule has 2 aromatic rings. The smallest absolute Gasteiger partial charge is 0.161 e. The second-order valence-electron chi connectivity index (χ2n) is 6.03. The van der Waals surface area contributed by atoms with E-state index in [1.54, 1.807) is 13.1 Å². The van der Waals surface area contributed by atoms with Gasteiger partial charge in [-0.1, -0.05) is 5.16 Å². The number of aryl methyl sites for hydroxylation is 2. The SMILES string of the molecule is CC(=O)c1ccc(N2CCN(Cc3c(C)noc3C)CC2)nc1. The van der Waals surface area contributed by atoms with Gasteiger partial charge < -0.3 is 9.42 Å². The summed E-state index contributed by atoms with van der Waals surface area (Å²) in [4.78, 5) is 20.4. The zero-order valence-electron chi connectivity index (χ0n) is 13.9. The van der Waals surface area contributed by atoms with Crippen LogP contribution >= 0.6 is 0 Å². The van der Waals surface area contributed by atoms with Crippen LogP contribution in [0.1, 0.15) is 34.3 Å². The molecule has 0 bridgehead atoms. The summed E-state index contributed by atoms with van der Waals surface area (Å²) < 4.78 is 5.23. The fourth-order valence-electron chi connectivity index (χ4n) is 2.87. The van der Waals surface area contributed by atoms with E-state index in [1.807, 2.05) is 26.0 Å². The van der Waals surface area contributed by atoms with Crippen LogP contribution in [0.4, 0.5) is 5.82 Å². The summed E-state index contributed by atoms with van der Waals surface area (Å²) in [6, 6.07) is 3.78. The topological polar surface area (TPSA) is 62.5 Å². The summed E-state index contributed by atoms with van der Waals surface area (Å²) in [6.45, 7) is 10.2. The van der Waals surface area contributed by atoms with Gasteiger partial charge in [0.2, 0.25) is 0 Å². The predicted octanol–water partition coefficient (Wildman–Crippen LogP) is 2.21. The van der Waals surface area contributed by atoms with Crippen molar-refractivity contribution in [1.82, 2.24) is 15.0 Å². The average molecular weight is 314 g/mol. The molecule has 3 rings (SSSR count). The standard InChI is InChI=1S/C17H22N4O2/c1-12-16(14(3)23-19-12)11-20-6-8-21(9-7-20)17-5-4-15(10-18-17)13(2)22/h4-5,10H,6-9,11H2,1-3H3. The van der Waals surface area contributed by atoms with Crippen molar-refractivity contribution in [3.05, 3.63) is 40.9 Å². The van der Waals surface area contributed by atoms with Crippen molar-refractivity contribution < 1.29 is 9.32 Å². The maximum atomic E-state index is 11.3. The summed E-state index contributed by atoms with van der Waals surface area (Å²) in [6.07, 6.45) is 1.66. The molecular weight excluding hydrogens is 292 g/mol. The molecule has 1 saturated heterocycles. The highest BCUT2D eigenvalue weighted by atomic mass is 16.5. The lowest BCUT2D eigenvalue weighted by Gasteiger charge is -2.35. The second-order valence-corrected chi connectivity index (χ2v) is 6.03. The molecule has 122 valence electrons. The minimum Gasteiger partial charge on any atom is -0.361 e. The predicted molar refractivity (Wildman–Crippen MR) is 87.7 cm³/mol. The van der Waals surface area contributed by atoms with Crippen LogP contribution in [0.15, 0.2) is 22.9 Å². The van der Waals surface area contributed by atoms with E-state index in [-0.39, 0.29) is 5.78 Å². The van der Waals surface area contributed by atoms with Gasteiger partial charge in [-0.15, -0.1) is 0 Å². The van der Waals surface area contributed by atoms with E-state index >= 15 is 0 Å².